The second-order valence-corrected chi connectivity index (χ2v) is 8.69. The molecule has 0 aliphatic carbocycles. The van der Waals surface area contributed by atoms with Crippen molar-refractivity contribution in [2.24, 2.45) is 17.6 Å². The summed E-state index contributed by atoms with van der Waals surface area (Å²) in [5, 5.41) is 26.8. The lowest BCUT2D eigenvalue weighted by atomic mass is 9.78. The van der Waals surface area contributed by atoms with Crippen molar-refractivity contribution in [3.63, 3.8) is 0 Å². The van der Waals surface area contributed by atoms with Gasteiger partial charge in [-0.05, 0) is 36.6 Å². The van der Waals surface area contributed by atoms with E-state index in [2.05, 4.69) is 16.5 Å². The van der Waals surface area contributed by atoms with Crippen molar-refractivity contribution in [1.29, 1.82) is 5.26 Å². The molecular formula is C23H29FN6O4. The first-order valence-electron chi connectivity index (χ1n) is 11.0. The van der Waals surface area contributed by atoms with Crippen LogP contribution in [0, 0.1) is 29.0 Å². The molecule has 0 spiro atoms. The lowest BCUT2D eigenvalue weighted by Gasteiger charge is -2.50. The summed E-state index contributed by atoms with van der Waals surface area (Å²) >= 11 is 0. The van der Waals surface area contributed by atoms with Gasteiger partial charge in [-0.1, -0.05) is 13.8 Å². The monoisotopic (exact) mass is 472 g/mol. The number of nitrogens with two attached hydrogens (primary N) is 1. The molecule has 3 unspecified atom stereocenters. The van der Waals surface area contributed by atoms with Crippen molar-refractivity contribution in [2.75, 3.05) is 19.0 Å². The number of hydrogen-bond donors (Lipinski definition) is 3. The summed E-state index contributed by atoms with van der Waals surface area (Å²) in [6.45, 7) is 4.02. The third kappa shape index (κ3) is 4.82. The summed E-state index contributed by atoms with van der Waals surface area (Å²) < 4.78 is 20.6. The van der Waals surface area contributed by atoms with Gasteiger partial charge in [-0.3, -0.25) is 14.4 Å². The van der Waals surface area contributed by atoms with Gasteiger partial charge in [0, 0.05) is 37.9 Å². The van der Waals surface area contributed by atoms with Gasteiger partial charge in [-0.15, -0.1) is 0 Å². The molecule has 2 heterocycles. The third-order valence-electron chi connectivity index (χ3n) is 6.51. The molecule has 1 fully saturated rings. The summed E-state index contributed by atoms with van der Waals surface area (Å²) in [6, 6.07) is 7.28. The van der Waals surface area contributed by atoms with E-state index >= 15 is 0 Å². The Hall–Kier alpha value is -3.65. The Labute approximate surface area is 197 Å². The third-order valence-corrected chi connectivity index (χ3v) is 6.51. The van der Waals surface area contributed by atoms with Crippen molar-refractivity contribution >= 4 is 23.5 Å². The Morgan fingerprint density at radius 2 is 2.09 bits per heavy atom. The Morgan fingerprint density at radius 3 is 2.62 bits per heavy atom. The number of halogens is 1. The maximum absolute atomic E-state index is 13.3. The number of hydrogen-bond acceptors (Lipinski definition) is 6. The topological polar surface area (TPSA) is 146 Å². The minimum Gasteiger partial charge on any atom is -0.465 e. The number of piperidine rings is 1. The van der Waals surface area contributed by atoms with Crippen LogP contribution >= 0.6 is 0 Å². The van der Waals surface area contributed by atoms with Crippen LogP contribution in [0.5, 0.6) is 0 Å². The molecule has 11 heteroatoms. The molecule has 182 valence electrons. The number of aromatic nitrogens is 2. The van der Waals surface area contributed by atoms with E-state index in [1.165, 1.54) is 47.2 Å². The zero-order chi connectivity index (χ0) is 25.0. The highest BCUT2D eigenvalue weighted by Gasteiger charge is 2.49. The van der Waals surface area contributed by atoms with Gasteiger partial charge in [0.2, 0.25) is 0 Å². The fourth-order valence-corrected chi connectivity index (χ4v) is 4.71. The normalized spacial score (nSPS) is 21.2. The Balaban J connectivity index is 1.97. The van der Waals surface area contributed by atoms with Crippen molar-refractivity contribution < 1.29 is 23.8 Å². The molecule has 1 aromatic carbocycles. The molecule has 34 heavy (non-hydrogen) atoms. The number of amides is 2. The number of carbonyl (C=O) groups excluding carboxylic acids is 1. The number of benzene rings is 1. The number of carbonyl (C=O) groups is 2. The molecule has 2 amide bonds. The van der Waals surface area contributed by atoms with Gasteiger partial charge >= 0.3 is 6.09 Å². The molecule has 1 saturated heterocycles. The first-order chi connectivity index (χ1) is 16.1. The van der Waals surface area contributed by atoms with E-state index in [9.17, 15) is 24.3 Å². The molecule has 0 bridgehead atoms. The minimum atomic E-state index is -1.06. The van der Waals surface area contributed by atoms with Crippen LogP contribution in [0.2, 0.25) is 0 Å². The highest BCUT2D eigenvalue weighted by atomic mass is 19.1. The van der Waals surface area contributed by atoms with Crippen molar-refractivity contribution in [3.05, 3.63) is 41.8 Å². The maximum Gasteiger partial charge on any atom is 0.409 e. The number of rotatable bonds is 8. The van der Waals surface area contributed by atoms with E-state index in [0.29, 0.717) is 18.5 Å². The second-order valence-electron chi connectivity index (χ2n) is 8.69. The highest BCUT2D eigenvalue weighted by Crippen LogP contribution is 2.43. The molecule has 1 aliphatic heterocycles. The zero-order valence-corrected chi connectivity index (χ0v) is 19.4. The predicted octanol–water partition coefficient (Wildman–Crippen LogP) is 3.71. The summed E-state index contributed by atoms with van der Waals surface area (Å²) in [4.78, 5) is 25.3. The Kier molecular flexibility index (Phi) is 7.41. The van der Waals surface area contributed by atoms with E-state index in [0.717, 1.165) is 0 Å². The molecule has 0 saturated carbocycles. The first kappa shape index (κ1) is 25.0. The highest BCUT2D eigenvalue weighted by molar-refractivity contribution is 5.98. The number of anilines is 2. The smallest absolute Gasteiger partial charge is 0.409 e. The molecule has 4 N–H and O–H groups in total. The predicted molar refractivity (Wildman–Crippen MR) is 122 cm³/mol. The van der Waals surface area contributed by atoms with Crippen molar-refractivity contribution in [3.8, 4) is 6.07 Å². The van der Waals surface area contributed by atoms with Crippen molar-refractivity contribution in [1.82, 2.24) is 14.7 Å². The number of nitriles is 1. The van der Waals surface area contributed by atoms with Crippen molar-refractivity contribution in [2.45, 2.75) is 44.9 Å². The number of nitrogens with zero attached hydrogens (tertiary/aromatic N) is 4. The van der Waals surface area contributed by atoms with Crippen LogP contribution < -0.4 is 11.1 Å². The molecule has 3 rings (SSSR count). The lowest BCUT2D eigenvalue weighted by molar-refractivity contribution is -0.183. The van der Waals surface area contributed by atoms with Crippen LogP contribution in [0.1, 0.15) is 49.5 Å². The number of likely N-dealkylation sites (tertiary alicyclic amines) is 1. The number of methoxy groups -OCH3 is 1. The summed E-state index contributed by atoms with van der Waals surface area (Å²) in [5.74, 6) is -1.22. The Morgan fingerprint density at radius 1 is 1.41 bits per heavy atom. The number of nitrogens with one attached hydrogen (secondary N) is 1. The van der Waals surface area contributed by atoms with E-state index in [1.54, 1.807) is 0 Å². The average molecular weight is 473 g/mol. The fraction of sp³-hybridized carbons (Fsp3) is 0.478. The second kappa shape index (κ2) is 10.1. The van der Waals surface area contributed by atoms with E-state index < -0.39 is 29.6 Å². The van der Waals surface area contributed by atoms with Gasteiger partial charge in [0.1, 0.15) is 17.1 Å². The van der Waals surface area contributed by atoms with Crippen LogP contribution in [0.15, 0.2) is 30.5 Å². The van der Waals surface area contributed by atoms with Gasteiger partial charge in [0.15, 0.2) is 5.82 Å². The van der Waals surface area contributed by atoms with Gasteiger partial charge in [0.05, 0.1) is 18.5 Å². The quantitative estimate of drug-likeness (QED) is 0.531. The molecule has 3 atom stereocenters. The largest absolute Gasteiger partial charge is 0.465 e. The average Bonchev–Trinajstić information content (AvgIpc) is 3.21. The van der Waals surface area contributed by atoms with E-state index in [1.807, 2.05) is 13.8 Å². The standard InChI is InChI=1S/C23H29FN6O4/c1-14(2)23(34-3)12-15(9-11-29(23)22(32)33)19(8-10-25)30-13-18(20(26)31)21(28-30)27-17-6-4-16(24)5-7-17/h4-7,13-15,19H,8-9,11-12H2,1-3H3,(H2,26,31)(H,27,28)(H,32,33). The van der Waals surface area contributed by atoms with Gasteiger partial charge in [0.25, 0.3) is 5.91 Å². The van der Waals surface area contributed by atoms with Crippen LogP contribution in [-0.4, -0.2) is 51.2 Å². The number of primary amides is 1. The van der Waals surface area contributed by atoms with E-state index in [-0.39, 0.29) is 36.2 Å². The number of ether oxygens (including phenoxy) is 1. The Bertz CT molecular complexity index is 1080. The van der Waals surface area contributed by atoms with Gasteiger partial charge in [-0.2, -0.15) is 10.4 Å². The lowest BCUT2D eigenvalue weighted by Crippen LogP contribution is -2.61. The van der Waals surface area contributed by atoms with Crippen LogP contribution in [-0.2, 0) is 4.74 Å². The molecule has 0 radical (unpaired) electrons. The summed E-state index contributed by atoms with van der Waals surface area (Å²) in [7, 11) is 1.49. The van der Waals surface area contributed by atoms with Gasteiger partial charge < -0.3 is 20.9 Å². The first-order valence-corrected chi connectivity index (χ1v) is 11.0. The SMILES string of the molecule is COC1(C(C)C)CC(C(CC#N)n2cc(C(N)=O)c(Nc3ccc(F)cc3)n2)CCN1C(=O)O. The molecule has 1 aliphatic rings. The minimum absolute atomic E-state index is 0.0888. The number of carboxylic acid groups (broad SMARTS) is 1. The molecular weight excluding hydrogens is 443 g/mol. The van der Waals surface area contributed by atoms with Crippen LogP contribution in [0.25, 0.3) is 0 Å². The van der Waals surface area contributed by atoms with E-state index in [4.69, 9.17) is 10.5 Å². The summed E-state index contributed by atoms with van der Waals surface area (Å²) in [6.07, 6.45) is 1.36. The molecule has 2 aromatic rings. The van der Waals surface area contributed by atoms with Crippen LogP contribution in [0.4, 0.5) is 20.7 Å². The van der Waals surface area contributed by atoms with Crippen LogP contribution in [0.3, 0.4) is 0 Å². The molecule has 10 nitrogen and oxygen atoms in total. The maximum atomic E-state index is 13.3. The molecule has 1 aromatic heterocycles. The fourth-order valence-electron chi connectivity index (χ4n) is 4.71. The van der Waals surface area contributed by atoms with Gasteiger partial charge in [-0.25, -0.2) is 9.18 Å². The zero-order valence-electron chi connectivity index (χ0n) is 19.4. The summed E-state index contributed by atoms with van der Waals surface area (Å²) in [5.41, 5.74) is 5.14.